The molecule has 2 saturated heterocycles. The van der Waals surface area contributed by atoms with Crippen LogP contribution < -0.4 is 10.6 Å². The number of amides is 3. The van der Waals surface area contributed by atoms with Crippen LogP contribution in [-0.4, -0.2) is 49.2 Å². The lowest BCUT2D eigenvalue weighted by atomic mass is 9.82. The van der Waals surface area contributed by atoms with E-state index in [9.17, 15) is 9.59 Å². The lowest BCUT2D eigenvalue weighted by Gasteiger charge is -2.32. The van der Waals surface area contributed by atoms with E-state index in [-0.39, 0.29) is 23.4 Å². The van der Waals surface area contributed by atoms with Crippen LogP contribution in [0.4, 0.5) is 10.5 Å². The molecule has 2 heterocycles. The van der Waals surface area contributed by atoms with Gasteiger partial charge in [-0.3, -0.25) is 4.79 Å². The van der Waals surface area contributed by atoms with E-state index in [0.29, 0.717) is 6.42 Å². The van der Waals surface area contributed by atoms with Gasteiger partial charge >= 0.3 is 6.03 Å². The fourth-order valence-electron chi connectivity index (χ4n) is 3.81. The molecule has 1 aromatic rings. The summed E-state index contributed by atoms with van der Waals surface area (Å²) in [4.78, 5) is 26.2. The number of nitrogens with zero attached hydrogens (tertiary/aromatic N) is 1. The van der Waals surface area contributed by atoms with Crippen molar-refractivity contribution in [2.75, 3.05) is 31.6 Å². The van der Waals surface area contributed by atoms with Gasteiger partial charge in [0.2, 0.25) is 5.91 Å². The maximum atomic E-state index is 12.5. The Labute approximate surface area is 155 Å². The van der Waals surface area contributed by atoms with Crippen LogP contribution in [0.5, 0.6) is 0 Å². The van der Waals surface area contributed by atoms with E-state index in [1.807, 2.05) is 43.0 Å². The van der Waals surface area contributed by atoms with E-state index in [0.717, 1.165) is 56.8 Å². The molecule has 0 bridgehead atoms. The van der Waals surface area contributed by atoms with Gasteiger partial charge in [-0.1, -0.05) is 12.1 Å². The highest BCUT2D eigenvalue weighted by molar-refractivity contribution is 5.89. The van der Waals surface area contributed by atoms with E-state index in [4.69, 9.17) is 4.74 Å². The van der Waals surface area contributed by atoms with E-state index >= 15 is 0 Å². The molecule has 0 radical (unpaired) electrons. The molecule has 26 heavy (non-hydrogen) atoms. The number of anilines is 1. The zero-order chi connectivity index (χ0) is 18.6. The number of urea groups is 1. The number of rotatable bonds is 4. The van der Waals surface area contributed by atoms with E-state index in [2.05, 4.69) is 10.6 Å². The summed E-state index contributed by atoms with van der Waals surface area (Å²) in [5, 5.41) is 5.84. The number of benzene rings is 1. The van der Waals surface area contributed by atoms with Gasteiger partial charge in [0.15, 0.2) is 0 Å². The van der Waals surface area contributed by atoms with Gasteiger partial charge in [-0.25, -0.2) is 4.79 Å². The largest absolute Gasteiger partial charge is 0.381 e. The number of hydrogen-bond acceptors (Lipinski definition) is 3. The summed E-state index contributed by atoms with van der Waals surface area (Å²) in [6, 6.07) is 7.56. The average Bonchev–Trinajstić information content (AvgIpc) is 3.00. The van der Waals surface area contributed by atoms with Crippen molar-refractivity contribution in [3.05, 3.63) is 29.8 Å². The molecule has 2 N–H and O–H groups in total. The number of ether oxygens (including phenoxy) is 1. The minimum Gasteiger partial charge on any atom is -0.381 e. The zero-order valence-electron chi connectivity index (χ0n) is 15.7. The van der Waals surface area contributed by atoms with Crippen LogP contribution in [0, 0.1) is 5.41 Å². The number of carbonyl (C=O) groups is 2. The number of likely N-dealkylation sites (tertiary alicyclic amines) is 1. The Morgan fingerprint density at radius 2 is 2.00 bits per heavy atom. The first-order chi connectivity index (χ1) is 12.5. The highest BCUT2D eigenvalue weighted by atomic mass is 16.5. The molecule has 1 aromatic carbocycles. The van der Waals surface area contributed by atoms with Crippen LogP contribution in [0.25, 0.3) is 0 Å². The molecular weight excluding hydrogens is 330 g/mol. The summed E-state index contributed by atoms with van der Waals surface area (Å²) in [7, 11) is 0. The van der Waals surface area contributed by atoms with Gasteiger partial charge in [0.1, 0.15) is 0 Å². The Morgan fingerprint density at radius 3 is 2.65 bits per heavy atom. The van der Waals surface area contributed by atoms with Crippen molar-refractivity contribution in [2.24, 2.45) is 5.41 Å². The Balaban J connectivity index is 1.51. The van der Waals surface area contributed by atoms with Crippen LogP contribution >= 0.6 is 0 Å². The summed E-state index contributed by atoms with van der Waals surface area (Å²) in [6.45, 7) is 7.05. The second-order valence-corrected chi connectivity index (χ2v) is 7.85. The molecule has 1 unspecified atom stereocenters. The van der Waals surface area contributed by atoms with Crippen molar-refractivity contribution in [3.8, 4) is 0 Å². The van der Waals surface area contributed by atoms with Crippen LogP contribution in [0.2, 0.25) is 0 Å². The van der Waals surface area contributed by atoms with Crippen molar-refractivity contribution in [3.63, 3.8) is 0 Å². The zero-order valence-corrected chi connectivity index (χ0v) is 15.7. The van der Waals surface area contributed by atoms with E-state index in [1.54, 1.807) is 0 Å². The monoisotopic (exact) mass is 359 g/mol. The third-order valence-electron chi connectivity index (χ3n) is 5.15. The standard InChI is InChI=1S/C20H29N3O3/c1-15(2)21-18(24)12-16-4-6-17(7-5-16)22-19(25)23-10-9-20(13-23)8-3-11-26-14-20/h4-7,15H,3,8-14H2,1-2H3,(H,21,24)(H,22,25). The Hall–Kier alpha value is -2.08. The third-order valence-corrected chi connectivity index (χ3v) is 5.15. The molecule has 6 nitrogen and oxygen atoms in total. The lowest BCUT2D eigenvalue weighted by molar-refractivity contribution is -0.120. The number of nitrogens with one attached hydrogen (secondary N) is 2. The summed E-state index contributed by atoms with van der Waals surface area (Å²) >= 11 is 0. The first-order valence-corrected chi connectivity index (χ1v) is 9.48. The molecule has 0 aromatic heterocycles. The minimum atomic E-state index is -0.0576. The average molecular weight is 359 g/mol. The van der Waals surface area contributed by atoms with Gasteiger partial charge in [0.05, 0.1) is 13.0 Å². The van der Waals surface area contributed by atoms with Gasteiger partial charge in [0, 0.05) is 36.8 Å². The normalized spacial score (nSPS) is 22.7. The van der Waals surface area contributed by atoms with E-state index < -0.39 is 0 Å². The van der Waals surface area contributed by atoms with Crippen LogP contribution in [0.3, 0.4) is 0 Å². The van der Waals surface area contributed by atoms with Crippen LogP contribution in [-0.2, 0) is 16.0 Å². The summed E-state index contributed by atoms with van der Waals surface area (Å²) in [6.07, 6.45) is 3.59. The van der Waals surface area contributed by atoms with Crippen molar-refractivity contribution in [2.45, 2.75) is 45.6 Å². The fourth-order valence-corrected chi connectivity index (χ4v) is 3.81. The lowest BCUT2D eigenvalue weighted by Crippen LogP contribution is -2.38. The van der Waals surface area contributed by atoms with Gasteiger partial charge in [-0.15, -0.1) is 0 Å². The molecule has 3 amide bonds. The first-order valence-electron chi connectivity index (χ1n) is 9.48. The predicted octanol–water partition coefficient (Wildman–Crippen LogP) is 2.79. The molecule has 6 heteroatoms. The maximum absolute atomic E-state index is 12.5. The fraction of sp³-hybridized carbons (Fsp3) is 0.600. The molecule has 2 aliphatic heterocycles. The van der Waals surface area contributed by atoms with Gasteiger partial charge < -0.3 is 20.3 Å². The van der Waals surface area contributed by atoms with Crippen molar-refractivity contribution in [1.82, 2.24) is 10.2 Å². The van der Waals surface area contributed by atoms with Crippen molar-refractivity contribution in [1.29, 1.82) is 0 Å². The molecule has 1 atom stereocenters. The summed E-state index contributed by atoms with van der Waals surface area (Å²) < 4.78 is 5.63. The second-order valence-electron chi connectivity index (χ2n) is 7.85. The molecule has 1 spiro atoms. The highest BCUT2D eigenvalue weighted by Crippen LogP contribution is 2.38. The van der Waals surface area contributed by atoms with Crippen molar-refractivity contribution >= 4 is 17.6 Å². The SMILES string of the molecule is CC(C)NC(=O)Cc1ccc(NC(=O)N2CCC3(CCCOC3)C2)cc1. The Kier molecular flexibility index (Phi) is 5.81. The quantitative estimate of drug-likeness (QED) is 0.868. The number of carbonyl (C=O) groups excluding carboxylic acids is 2. The predicted molar refractivity (Wildman–Crippen MR) is 101 cm³/mol. The molecule has 3 rings (SSSR count). The molecule has 0 aliphatic carbocycles. The summed E-state index contributed by atoms with van der Waals surface area (Å²) in [5.74, 6) is 0.00820. The summed E-state index contributed by atoms with van der Waals surface area (Å²) in [5.41, 5.74) is 1.84. The highest BCUT2D eigenvalue weighted by Gasteiger charge is 2.41. The third kappa shape index (κ3) is 4.75. The molecule has 142 valence electrons. The van der Waals surface area contributed by atoms with Gasteiger partial charge in [0.25, 0.3) is 0 Å². The maximum Gasteiger partial charge on any atom is 0.321 e. The number of hydrogen-bond donors (Lipinski definition) is 2. The van der Waals surface area contributed by atoms with Crippen LogP contribution in [0.1, 0.15) is 38.7 Å². The molecule has 2 aliphatic rings. The smallest absolute Gasteiger partial charge is 0.321 e. The first kappa shape index (κ1) is 18.7. The minimum absolute atomic E-state index is 0.00820. The second kappa shape index (κ2) is 8.08. The van der Waals surface area contributed by atoms with E-state index in [1.165, 1.54) is 0 Å². The topological polar surface area (TPSA) is 70.7 Å². The van der Waals surface area contributed by atoms with Crippen LogP contribution in [0.15, 0.2) is 24.3 Å². The molecule has 2 fully saturated rings. The Morgan fingerprint density at radius 1 is 1.23 bits per heavy atom. The Bertz CT molecular complexity index is 636. The van der Waals surface area contributed by atoms with Gasteiger partial charge in [-0.2, -0.15) is 0 Å². The van der Waals surface area contributed by atoms with Gasteiger partial charge in [-0.05, 0) is 50.8 Å². The molecular formula is C20H29N3O3. The van der Waals surface area contributed by atoms with Crippen molar-refractivity contribution < 1.29 is 14.3 Å². The molecule has 0 saturated carbocycles.